The van der Waals surface area contributed by atoms with E-state index in [-0.39, 0.29) is 5.78 Å². The molecule has 0 spiro atoms. The summed E-state index contributed by atoms with van der Waals surface area (Å²) in [6.07, 6.45) is 3.21. The summed E-state index contributed by atoms with van der Waals surface area (Å²) in [6.45, 7) is 0. The zero-order chi connectivity index (χ0) is 9.97. The molecular formula is C10H9BN2O. The van der Waals surface area contributed by atoms with Crippen LogP contribution in [0.25, 0.3) is 0 Å². The molecule has 0 amide bonds. The molecule has 1 heterocycles. The van der Waals surface area contributed by atoms with Crippen LogP contribution in [0.3, 0.4) is 0 Å². The van der Waals surface area contributed by atoms with Crippen molar-refractivity contribution in [3.8, 4) is 0 Å². The minimum atomic E-state index is -0.0706. The van der Waals surface area contributed by atoms with Gasteiger partial charge in [-0.05, 0) is 0 Å². The number of benzene rings is 1. The Balaban J connectivity index is 2.37. The van der Waals surface area contributed by atoms with Gasteiger partial charge < -0.3 is 4.98 Å². The smallest absolute Gasteiger partial charge is 0.228 e. The molecule has 0 saturated carbocycles. The van der Waals surface area contributed by atoms with Crippen molar-refractivity contribution in [3.05, 3.63) is 48.0 Å². The lowest BCUT2D eigenvalue weighted by Crippen LogP contribution is -2.09. The van der Waals surface area contributed by atoms with Gasteiger partial charge in [-0.2, -0.15) is 0 Å². The average molecular weight is 184 g/mol. The van der Waals surface area contributed by atoms with Crippen LogP contribution in [0.15, 0.2) is 36.7 Å². The fraction of sp³-hybridized carbons (Fsp3) is 0. The van der Waals surface area contributed by atoms with E-state index in [0.29, 0.717) is 11.4 Å². The molecule has 1 N–H and O–H groups in total. The van der Waals surface area contributed by atoms with Gasteiger partial charge in [-0.1, -0.05) is 29.7 Å². The molecule has 14 heavy (non-hydrogen) atoms. The van der Waals surface area contributed by atoms with Crippen LogP contribution in [0.2, 0.25) is 0 Å². The normalized spacial score (nSPS) is 10.0. The van der Waals surface area contributed by atoms with E-state index in [9.17, 15) is 4.79 Å². The van der Waals surface area contributed by atoms with Gasteiger partial charge >= 0.3 is 0 Å². The Hall–Kier alpha value is -1.84. The van der Waals surface area contributed by atoms with Gasteiger partial charge in [0.15, 0.2) is 5.82 Å². The number of nitrogens with one attached hydrogen (secondary N) is 1. The molecule has 0 aliphatic carbocycles. The standard InChI is InChI=1S/C10H9BN2O/c11-8-3-1-2-7(6-8)9(14)10-12-4-5-13-10/h1-6H,11H2,(H,12,13). The molecular weight excluding hydrogens is 175 g/mol. The van der Waals surface area contributed by atoms with Crippen LogP contribution in [-0.4, -0.2) is 23.6 Å². The first-order valence-electron chi connectivity index (χ1n) is 4.38. The maximum atomic E-state index is 11.8. The lowest BCUT2D eigenvalue weighted by atomic mass is 9.93. The Labute approximate surface area is 82.6 Å². The van der Waals surface area contributed by atoms with Crippen LogP contribution in [0, 0.1) is 0 Å². The number of nitrogens with zero attached hydrogens (tertiary/aromatic N) is 1. The molecule has 0 unspecified atom stereocenters. The number of hydrogen-bond donors (Lipinski definition) is 1. The van der Waals surface area contributed by atoms with Crippen LogP contribution in [0.4, 0.5) is 0 Å². The van der Waals surface area contributed by atoms with Crippen molar-refractivity contribution >= 4 is 19.1 Å². The SMILES string of the molecule is Bc1cccc(C(=O)c2ncc[nH]2)c1. The van der Waals surface area contributed by atoms with Crippen LogP contribution < -0.4 is 5.46 Å². The third kappa shape index (κ3) is 1.59. The van der Waals surface area contributed by atoms with Crippen LogP contribution in [0.1, 0.15) is 16.2 Å². The summed E-state index contributed by atoms with van der Waals surface area (Å²) in [7, 11) is 1.96. The highest BCUT2D eigenvalue weighted by atomic mass is 16.1. The van der Waals surface area contributed by atoms with Gasteiger partial charge in [0.1, 0.15) is 7.85 Å². The van der Waals surface area contributed by atoms with E-state index in [1.807, 2.05) is 26.0 Å². The highest BCUT2D eigenvalue weighted by Gasteiger charge is 2.10. The zero-order valence-electron chi connectivity index (χ0n) is 7.82. The molecule has 0 fully saturated rings. The van der Waals surface area contributed by atoms with Crippen molar-refractivity contribution in [2.24, 2.45) is 0 Å². The minimum absolute atomic E-state index is 0.0706. The molecule has 2 rings (SSSR count). The van der Waals surface area contributed by atoms with Crippen molar-refractivity contribution in [3.63, 3.8) is 0 Å². The second-order valence-corrected chi connectivity index (χ2v) is 3.14. The highest BCUT2D eigenvalue weighted by Crippen LogP contribution is 2.03. The number of carbonyl (C=O) groups excluding carboxylic acids is 1. The first-order chi connectivity index (χ1) is 6.77. The molecule has 0 atom stereocenters. The van der Waals surface area contributed by atoms with Crippen LogP contribution in [-0.2, 0) is 0 Å². The van der Waals surface area contributed by atoms with E-state index in [4.69, 9.17) is 0 Å². The maximum absolute atomic E-state index is 11.8. The van der Waals surface area contributed by atoms with E-state index in [1.54, 1.807) is 18.5 Å². The van der Waals surface area contributed by atoms with E-state index >= 15 is 0 Å². The van der Waals surface area contributed by atoms with Gasteiger partial charge in [0.2, 0.25) is 5.78 Å². The summed E-state index contributed by atoms with van der Waals surface area (Å²) in [5.74, 6) is 0.314. The Bertz CT molecular complexity index is 451. The van der Waals surface area contributed by atoms with Crippen molar-refractivity contribution < 1.29 is 4.79 Å². The molecule has 0 saturated heterocycles. The van der Waals surface area contributed by atoms with Gasteiger partial charge in [0.05, 0.1) is 0 Å². The number of aromatic nitrogens is 2. The second-order valence-electron chi connectivity index (χ2n) is 3.14. The summed E-state index contributed by atoms with van der Waals surface area (Å²) in [5, 5.41) is 0. The first-order valence-corrected chi connectivity index (χ1v) is 4.38. The number of H-pyrrole nitrogens is 1. The minimum Gasteiger partial charge on any atom is -0.342 e. The predicted molar refractivity (Wildman–Crippen MR) is 56.6 cm³/mol. The van der Waals surface area contributed by atoms with Crippen molar-refractivity contribution in [2.45, 2.75) is 0 Å². The van der Waals surface area contributed by atoms with Crippen molar-refractivity contribution in [1.29, 1.82) is 0 Å². The summed E-state index contributed by atoms with van der Waals surface area (Å²) in [4.78, 5) is 18.5. The largest absolute Gasteiger partial charge is 0.342 e. The molecule has 3 nitrogen and oxygen atoms in total. The molecule has 1 aromatic heterocycles. The zero-order valence-corrected chi connectivity index (χ0v) is 7.82. The predicted octanol–water partition coefficient (Wildman–Crippen LogP) is -0.101. The molecule has 0 radical (unpaired) electrons. The average Bonchev–Trinajstić information content (AvgIpc) is 2.69. The lowest BCUT2D eigenvalue weighted by molar-refractivity contribution is 0.103. The lowest BCUT2D eigenvalue weighted by Gasteiger charge is -1.98. The molecule has 68 valence electrons. The highest BCUT2D eigenvalue weighted by molar-refractivity contribution is 6.32. The first kappa shape index (κ1) is 8.75. The fourth-order valence-corrected chi connectivity index (χ4v) is 1.31. The van der Waals surface area contributed by atoms with Crippen molar-refractivity contribution in [2.75, 3.05) is 0 Å². The topological polar surface area (TPSA) is 45.8 Å². The monoisotopic (exact) mass is 184 g/mol. The maximum Gasteiger partial charge on any atom is 0.228 e. The van der Waals surface area contributed by atoms with Gasteiger partial charge in [-0.15, -0.1) is 0 Å². The van der Waals surface area contributed by atoms with E-state index in [0.717, 1.165) is 5.46 Å². The van der Waals surface area contributed by atoms with Gasteiger partial charge in [0.25, 0.3) is 0 Å². The number of aromatic amines is 1. The number of hydrogen-bond acceptors (Lipinski definition) is 2. The molecule has 0 bridgehead atoms. The van der Waals surface area contributed by atoms with Crippen LogP contribution in [0.5, 0.6) is 0 Å². The van der Waals surface area contributed by atoms with Gasteiger partial charge in [-0.3, -0.25) is 4.79 Å². The summed E-state index contributed by atoms with van der Waals surface area (Å²) < 4.78 is 0. The molecule has 0 aliphatic rings. The Kier molecular flexibility index (Phi) is 2.19. The summed E-state index contributed by atoms with van der Waals surface area (Å²) >= 11 is 0. The van der Waals surface area contributed by atoms with Gasteiger partial charge in [0, 0.05) is 18.0 Å². The van der Waals surface area contributed by atoms with Crippen LogP contribution >= 0.6 is 0 Å². The second kappa shape index (κ2) is 3.50. The summed E-state index contributed by atoms with van der Waals surface area (Å²) in [5.41, 5.74) is 1.74. The third-order valence-electron chi connectivity index (χ3n) is 1.99. The number of ketones is 1. The number of imidazole rings is 1. The molecule has 0 aliphatic heterocycles. The molecule has 4 heteroatoms. The van der Waals surface area contributed by atoms with E-state index in [1.165, 1.54) is 0 Å². The molecule has 1 aromatic carbocycles. The Morgan fingerprint density at radius 2 is 2.29 bits per heavy atom. The quantitative estimate of drug-likeness (QED) is 0.523. The van der Waals surface area contributed by atoms with E-state index in [2.05, 4.69) is 9.97 Å². The number of carbonyl (C=O) groups is 1. The summed E-state index contributed by atoms with van der Waals surface area (Å²) in [6, 6.07) is 7.47. The van der Waals surface area contributed by atoms with E-state index < -0.39 is 0 Å². The fourth-order valence-electron chi connectivity index (χ4n) is 1.31. The van der Waals surface area contributed by atoms with Gasteiger partial charge in [-0.25, -0.2) is 4.98 Å². The van der Waals surface area contributed by atoms with Crippen molar-refractivity contribution in [1.82, 2.24) is 9.97 Å². The molecule has 2 aromatic rings. The third-order valence-corrected chi connectivity index (χ3v) is 1.99. The number of rotatable bonds is 2. The Morgan fingerprint density at radius 1 is 1.43 bits per heavy atom. The Morgan fingerprint density at radius 3 is 2.93 bits per heavy atom.